The van der Waals surface area contributed by atoms with E-state index < -0.39 is 7.60 Å². The quantitative estimate of drug-likeness (QED) is 0.411. The summed E-state index contributed by atoms with van der Waals surface area (Å²) in [6.45, 7) is 0. The summed E-state index contributed by atoms with van der Waals surface area (Å²) in [7, 11) is -4.20. The summed E-state index contributed by atoms with van der Waals surface area (Å²) in [5, 5.41) is -0.0997. The van der Waals surface area contributed by atoms with Crippen LogP contribution in [-0.4, -0.2) is 15.9 Å². The lowest BCUT2D eigenvalue weighted by atomic mass is 10.3. The maximum Gasteiger partial charge on any atom is 0.356 e. The maximum atomic E-state index is 10.7. The average molecular weight is 199 g/mol. The Kier molecular flexibility index (Phi) is 2.76. The van der Waals surface area contributed by atoms with Crippen molar-refractivity contribution in [3.05, 3.63) is 24.3 Å². The molecule has 0 amide bonds. The number of isocyanates is 1. The van der Waals surface area contributed by atoms with Gasteiger partial charge in [-0.2, -0.15) is 4.99 Å². The third-order valence-electron chi connectivity index (χ3n) is 1.36. The van der Waals surface area contributed by atoms with E-state index in [2.05, 4.69) is 4.99 Å². The molecule has 68 valence electrons. The lowest BCUT2D eigenvalue weighted by Gasteiger charge is -2.02. The van der Waals surface area contributed by atoms with E-state index in [1.54, 1.807) is 0 Å². The summed E-state index contributed by atoms with van der Waals surface area (Å²) in [6, 6.07) is 5.10. The van der Waals surface area contributed by atoms with Crippen LogP contribution in [0.25, 0.3) is 0 Å². The summed E-state index contributed by atoms with van der Waals surface area (Å²) in [4.78, 5) is 30.5. The van der Waals surface area contributed by atoms with E-state index in [4.69, 9.17) is 9.79 Å². The van der Waals surface area contributed by atoms with E-state index in [9.17, 15) is 9.36 Å². The number of nitrogens with zero attached hydrogens (tertiary/aromatic N) is 1. The Hall–Kier alpha value is -1.25. The van der Waals surface area contributed by atoms with Crippen molar-refractivity contribution in [2.24, 2.45) is 4.99 Å². The molecule has 5 nitrogen and oxygen atoms in total. The summed E-state index contributed by atoms with van der Waals surface area (Å²) >= 11 is 0. The van der Waals surface area contributed by atoms with Gasteiger partial charge in [0.25, 0.3) is 0 Å². The van der Waals surface area contributed by atoms with Gasteiger partial charge >= 0.3 is 7.60 Å². The monoisotopic (exact) mass is 199 g/mol. The topological polar surface area (TPSA) is 87.0 Å². The summed E-state index contributed by atoms with van der Waals surface area (Å²) < 4.78 is 10.7. The Morgan fingerprint density at radius 1 is 1.23 bits per heavy atom. The Morgan fingerprint density at radius 2 is 1.77 bits per heavy atom. The van der Waals surface area contributed by atoms with E-state index in [0.29, 0.717) is 5.69 Å². The molecule has 2 N–H and O–H groups in total. The van der Waals surface area contributed by atoms with E-state index in [1.165, 1.54) is 30.3 Å². The summed E-state index contributed by atoms with van der Waals surface area (Å²) in [5.74, 6) is 0. The van der Waals surface area contributed by atoms with Gasteiger partial charge in [0.1, 0.15) is 0 Å². The van der Waals surface area contributed by atoms with Crippen LogP contribution in [0.2, 0.25) is 0 Å². The Morgan fingerprint density at radius 3 is 2.15 bits per heavy atom. The lowest BCUT2D eigenvalue weighted by molar-refractivity contribution is 0.387. The van der Waals surface area contributed by atoms with Gasteiger partial charge in [-0.25, -0.2) is 4.79 Å². The SMILES string of the molecule is O=C=Nc1ccc(P(=O)(O)O)cc1. The molecule has 6 heteroatoms. The molecule has 0 spiro atoms. The van der Waals surface area contributed by atoms with Crippen molar-refractivity contribution in [3.63, 3.8) is 0 Å². The minimum Gasteiger partial charge on any atom is -0.321 e. The molecule has 0 radical (unpaired) electrons. The highest BCUT2D eigenvalue weighted by atomic mass is 31.2. The third kappa shape index (κ3) is 2.61. The molecule has 0 aliphatic rings. The number of rotatable bonds is 2. The average Bonchev–Trinajstić information content (AvgIpc) is 2.04. The van der Waals surface area contributed by atoms with Crippen molar-refractivity contribution in [1.82, 2.24) is 0 Å². The zero-order valence-electron chi connectivity index (χ0n) is 6.41. The predicted molar refractivity (Wildman–Crippen MR) is 45.9 cm³/mol. The fourth-order valence-corrected chi connectivity index (χ4v) is 1.31. The second-order valence-electron chi connectivity index (χ2n) is 2.26. The van der Waals surface area contributed by atoms with Crippen molar-refractivity contribution in [3.8, 4) is 0 Å². The van der Waals surface area contributed by atoms with E-state index in [-0.39, 0.29) is 5.30 Å². The second-order valence-corrected chi connectivity index (χ2v) is 3.87. The van der Waals surface area contributed by atoms with Gasteiger partial charge in [0.2, 0.25) is 6.08 Å². The largest absolute Gasteiger partial charge is 0.356 e. The zero-order chi connectivity index (χ0) is 9.90. The van der Waals surface area contributed by atoms with Crippen LogP contribution in [-0.2, 0) is 9.36 Å². The van der Waals surface area contributed by atoms with Crippen LogP contribution in [0.4, 0.5) is 5.69 Å². The summed E-state index contributed by atoms with van der Waals surface area (Å²) in [5.41, 5.74) is 0.312. The first kappa shape index (κ1) is 9.84. The Labute approximate surface area is 73.9 Å². The summed E-state index contributed by atoms with van der Waals surface area (Å²) in [6.07, 6.45) is 1.32. The lowest BCUT2D eigenvalue weighted by Crippen LogP contribution is -2.01. The first-order valence-corrected chi connectivity index (χ1v) is 4.89. The number of hydrogen-bond donors (Lipinski definition) is 2. The molecule has 0 bridgehead atoms. The van der Waals surface area contributed by atoms with Crippen molar-refractivity contribution < 1.29 is 19.1 Å². The molecule has 0 aromatic heterocycles. The molecular weight excluding hydrogens is 193 g/mol. The van der Waals surface area contributed by atoms with Gasteiger partial charge in [0, 0.05) is 0 Å². The maximum absolute atomic E-state index is 10.7. The highest BCUT2D eigenvalue weighted by Gasteiger charge is 2.15. The molecular formula is C7H6NO4P. The second kappa shape index (κ2) is 3.64. The van der Waals surface area contributed by atoms with Gasteiger partial charge in [-0.3, -0.25) is 4.57 Å². The van der Waals surface area contributed by atoms with Crippen LogP contribution in [0.1, 0.15) is 0 Å². The first-order chi connectivity index (χ1) is 6.04. The van der Waals surface area contributed by atoms with Gasteiger partial charge < -0.3 is 9.79 Å². The highest BCUT2D eigenvalue weighted by molar-refractivity contribution is 7.60. The molecule has 0 aliphatic heterocycles. The number of aliphatic imine (C=N–C) groups is 1. The zero-order valence-corrected chi connectivity index (χ0v) is 7.31. The van der Waals surface area contributed by atoms with Crippen molar-refractivity contribution in [2.45, 2.75) is 0 Å². The van der Waals surface area contributed by atoms with Gasteiger partial charge in [-0.1, -0.05) is 0 Å². The van der Waals surface area contributed by atoms with Crippen LogP contribution in [0, 0.1) is 0 Å². The fourth-order valence-electron chi connectivity index (χ4n) is 0.774. The van der Waals surface area contributed by atoms with Gasteiger partial charge in [0.15, 0.2) is 0 Å². The van der Waals surface area contributed by atoms with E-state index in [1.807, 2.05) is 0 Å². The molecule has 0 saturated carbocycles. The van der Waals surface area contributed by atoms with Crippen LogP contribution >= 0.6 is 7.60 Å². The van der Waals surface area contributed by atoms with E-state index >= 15 is 0 Å². The molecule has 0 heterocycles. The standard InChI is InChI=1S/C7H6NO4P/c9-5-8-6-1-3-7(4-2-6)13(10,11)12/h1-4H,(H2,10,11,12). The fraction of sp³-hybridized carbons (Fsp3) is 0. The number of hydrogen-bond acceptors (Lipinski definition) is 3. The van der Waals surface area contributed by atoms with Crippen LogP contribution < -0.4 is 5.30 Å². The molecule has 0 aliphatic carbocycles. The van der Waals surface area contributed by atoms with Crippen LogP contribution in [0.15, 0.2) is 29.3 Å². The van der Waals surface area contributed by atoms with Crippen LogP contribution in [0.3, 0.4) is 0 Å². The first-order valence-electron chi connectivity index (χ1n) is 3.28. The molecule has 1 rings (SSSR count). The molecule has 1 aromatic rings. The highest BCUT2D eigenvalue weighted by Crippen LogP contribution is 2.33. The van der Waals surface area contributed by atoms with Gasteiger partial charge in [0.05, 0.1) is 11.0 Å². The third-order valence-corrected chi connectivity index (χ3v) is 2.33. The predicted octanol–water partition coefficient (Wildman–Crippen LogP) is 0.457. The molecule has 0 atom stereocenters. The molecule has 0 saturated heterocycles. The van der Waals surface area contributed by atoms with Crippen molar-refractivity contribution in [2.75, 3.05) is 0 Å². The minimum atomic E-state index is -4.20. The van der Waals surface area contributed by atoms with E-state index in [0.717, 1.165) is 0 Å². The minimum absolute atomic E-state index is 0.0997. The Bertz CT molecular complexity index is 387. The smallest absolute Gasteiger partial charge is 0.321 e. The molecule has 0 unspecified atom stereocenters. The molecule has 0 fully saturated rings. The molecule has 13 heavy (non-hydrogen) atoms. The van der Waals surface area contributed by atoms with Crippen molar-refractivity contribution in [1.29, 1.82) is 0 Å². The number of benzene rings is 1. The molecule has 1 aromatic carbocycles. The van der Waals surface area contributed by atoms with Gasteiger partial charge in [-0.05, 0) is 24.3 Å². The van der Waals surface area contributed by atoms with Gasteiger partial charge in [-0.15, -0.1) is 0 Å². The van der Waals surface area contributed by atoms with Crippen LogP contribution in [0.5, 0.6) is 0 Å². The van der Waals surface area contributed by atoms with Crippen molar-refractivity contribution >= 4 is 24.7 Å². The number of carbonyl (C=O) groups excluding carboxylic acids is 1. The normalized spacial score (nSPS) is 10.6. The Balaban J connectivity index is 3.07.